The molecule has 1 aliphatic heterocycles. The summed E-state index contributed by atoms with van der Waals surface area (Å²) in [5.41, 5.74) is 1.28. The molecule has 172 valence electrons. The molecule has 4 aromatic rings. The molecule has 5 rings (SSSR count). The Labute approximate surface area is 190 Å². The van der Waals surface area contributed by atoms with E-state index in [2.05, 4.69) is 10.1 Å². The molecule has 9 heteroatoms. The summed E-state index contributed by atoms with van der Waals surface area (Å²) in [4.78, 5) is 17.4. The minimum atomic E-state index is -0.369. The van der Waals surface area contributed by atoms with Gasteiger partial charge >= 0.3 is 0 Å². The Morgan fingerprint density at radius 3 is 2.55 bits per heavy atom. The number of fused-ring (bicyclic) bond motifs is 1. The van der Waals surface area contributed by atoms with Crippen LogP contribution in [0.2, 0.25) is 0 Å². The Kier molecular flexibility index (Phi) is 5.49. The van der Waals surface area contributed by atoms with Crippen molar-refractivity contribution < 1.29 is 13.9 Å². The summed E-state index contributed by atoms with van der Waals surface area (Å²) >= 11 is 0. The fourth-order valence-corrected chi connectivity index (χ4v) is 4.12. The van der Waals surface area contributed by atoms with Crippen molar-refractivity contribution in [3.8, 4) is 22.9 Å². The Morgan fingerprint density at radius 1 is 1.15 bits per heavy atom. The maximum atomic E-state index is 14.3. The van der Waals surface area contributed by atoms with Crippen molar-refractivity contribution >= 4 is 5.52 Å². The number of rotatable bonds is 5. The molecule has 8 nitrogen and oxygen atoms in total. The maximum absolute atomic E-state index is 14.3. The average molecular weight is 452 g/mol. The molecule has 33 heavy (non-hydrogen) atoms. The van der Waals surface area contributed by atoms with Gasteiger partial charge in [-0.15, -0.1) is 0 Å². The number of aromatic nitrogens is 5. The number of nitrogens with zero attached hydrogens (tertiary/aromatic N) is 5. The van der Waals surface area contributed by atoms with E-state index < -0.39 is 0 Å². The zero-order chi connectivity index (χ0) is 23.1. The predicted octanol–water partition coefficient (Wildman–Crippen LogP) is 4.30. The zero-order valence-electron chi connectivity index (χ0n) is 18.9. The van der Waals surface area contributed by atoms with Crippen LogP contribution in [0.1, 0.15) is 44.5 Å². The molecule has 0 N–H and O–H groups in total. The lowest BCUT2D eigenvalue weighted by Crippen LogP contribution is -2.22. The van der Waals surface area contributed by atoms with Crippen molar-refractivity contribution in [2.45, 2.75) is 38.6 Å². The second-order valence-corrected chi connectivity index (χ2v) is 8.62. The summed E-state index contributed by atoms with van der Waals surface area (Å²) in [5, 5.41) is 4.34. The summed E-state index contributed by atoms with van der Waals surface area (Å²) in [6.07, 6.45) is 6.56. The highest BCUT2D eigenvalue weighted by Crippen LogP contribution is 2.29. The van der Waals surface area contributed by atoms with Gasteiger partial charge in [0.25, 0.3) is 5.56 Å². The van der Waals surface area contributed by atoms with Crippen LogP contribution in [0.3, 0.4) is 0 Å². The molecule has 0 saturated carbocycles. The molecule has 0 bridgehead atoms. The first-order valence-electron chi connectivity index (χ1n) is 11.1. The number of hydrogen-bond donors (Lipinski definition) is 0. The molecular weight excluding hydrogens is 425 g/mol. The summed E-state index contributed by atoms with van der Waals surface area (Å²) in [6.45, 7) is 5.27. The number of hydrogen-bond acceptors (Lipinski definition) is 5. The molecule has 1 aromatic carbocycles. The van der Waals surface area contributed by atoms with Crippen molar-refractivity contribution in [2.75, 3.05) is 13.2 Å². The van der Waals surface area contributed by atoms with Crippen LogP contribution in [0.5, 0.6) is 11.6 Å². The Balaban J connectivity index is 1.45. The van der Waals surface area contributed by atoms with Crippen molar-refractivity contribution in [2.24, 2.45) is 7.05 Å². The van der Waals surface area contributed by atoms with E-state index in [1.807, 2.05) is 18.2 Å². The lowest BCUT2D eigenvalue weighted by molar-refractivity contribution is 0.0834. The summed E-state index contributed by atoms with van der Waals surface area (Å²) in [6, 6.07) is 7.07. The van der Waals surface area contributed by atoms with E-state index in [0.29, 0.717) is 41.6 Å². The lowest BCUT2D eigenvalue weighted by Gasteiger charge is -2.21. The third-order valence-electron chi connectivity index (χ3n) is 6.07. The molecule has 0 radical (unpaired) electrons. The van der Waals surface area contributed by atoms with Crippen LogP contribution in [0.25, 0.3) is 16.8 Å². The number of imidazole rings is 1. The van der Waals surface area contributed by atoms with Crippen LogP contribution in [0, 0.1) is 5.82 Å². The highest BCUT2D eigenvalue weighted by molar-refractivity contribution is 5.60. The Bertz CT molecular complexity index is 1350. The first-order chi connectivity index (χ1) is 15.9. The van der Waals surface area contributed by atoms with Crippen LogP contribution in [0.15, 0.2) is 47.7 Å². The van der Waals surface area contributed by atoms with Gasteiger partial charge in [-0.05, 0) is 51.0 Å². The van der Waals surface area contributed by atoms with Gasteiger partial charge in [0.1, 0.15) is 22.8 Å². The molecule has 1 fully saturated rings. The van der Waals surface area contributed by atoms with Crippen molar-refractivity contribution in [3.05, 3.63) is 64.9 Å². The van der Waals surface area contributed by atoms with Gasteiger partial charge in [-0.1, -0.05) is 0 Å². The second-order valence-electron chi connectivity index (χ2n) is 8.62. The SMILES string of the molecule is CC(C)n1cc(F)c(-c2ccc(Oc3cn4c(C5CCOCC5)ncc4c(=O)n3C)cc2)n1. The normalized spacial score (nSPS) is 14.9. The molecule has 0 amide bonds. The van der Waals surface area contributed by atoms with E-state index in [9.17, 15) is 9.18 Å². The van der Waals surface area contributed by atoms with Gasteiger partial charge in [-0.3, -0.25) is 18.4 Å². The van der Waals surface area contributed by atoms with Gasteiger partial charge in [0.05, 0.1) is 18.6 Å². The summed E-state index contributed by atoms with van der Waals surface area (Å²) in [7, 11) is 1.67. The van der Waals surface area contributed by atoms with Crippen molar-refractivity contribution in [1.29, 1.82) is 0 Å². The van der Waals surface area contributed by atoms with Crippen LogP contribution < -0.4 is 10.3 Å². The Hall–Kier alpha value is -3.46. The molecule has 1 aliphatic rings. The van der Waals surface area contributed by atoms with Gasteiger partial charge in [0, 0.05) is 37.8 Å². The lowest BCUT2D eigenvalue weighted by atomic mass is 10.00. The molecular formula is C24H26FN5O3. The third kappa shape index (κ3) is 3.93. The largest absolute Gasteiger partial charge is 0.439 e. The minimum Gasteiger partial charge on any atom is -0.439 e. The van der Waals surface area contributed by atoms with E-state index in [4.69, 9.17) is 9.47 Å². The molecule has 4 heterocycles. The average Bonchev–Trinajstić information content (AvgIpc) is 3.42. The third-order valence-corrected chi connectivity index (χ3v) is 6.07. The molecule has 3 aromatic heterocycles. The molecule has 1 saturated heterocycles. The van der Waals surface area contributed by atoms with Crippen LogP contribution in [0.4, 0.5) is 4.39 Å². The van der Waals surface area contributed by atoms with Crippen LogP contribution in [-0.4, -0.2) is 36.9 Å². The van der Waals surface area contributed by atoms with E-state index in [1.54, 1.807) is 48.4 Å². The zero-order valence-corrected chi connectivity index (χ0v) is 18.9. The Morgan fingerprint density at radius 2 is 1.88 bits per heavy atom. The first-order valence-corrected chi connectivity index (χ1v) is 11.1. The van der Waals surface area contributed by atoms with Gasteiger partial charge in [-0.25, -0.2) is 9.37 Å². The second kappa shape index (κ2) is 8.47. The van der Waals surface area contributed by atoms with Gasteiger partial charge in [0.15, 0.2) is 5.82 Å². The highest BCUT2D eigenvalue weighted by atomic mass is 19.1. The van der Waals surface area contributed by atoms with Gasteiger partial charge < -0.3 is 9.47 Å². The van der Waals surface area contributed by atoms with Crippen molar-refractivity contribution in [1.82, 2.24) is 23.7 Å². The maximum Gasteiger partial charge on any atom is 0.279 e. The molecule has 0 unspecified atom stereocenters. The fourth-order valence-electron chi connectivity index (χ4n) is 4.12. The summed E-state index contributed by atoms with van der Waals surface area (Å²) < 4.78 is 30.7. The van der Waals surface area contributed by atoms with E-state index in [1.165, 1.54) is 10.8 Å². The van der Waals surface area contributed by atoms with Crippen molar-refractivity contribution in [3.63, 3.8) is 0 Å². The standard InChI is InChI=1S/C24H26FN5O3/c1-15(2)30-13-19(25)22(27-30)16-4-6-18(7-5-16)33-21-14-29-20(24(31)28(21)3)12-26-23(29)17-8-10-32-11-9-17/h4-7,12-15,17H,8-11H2,1-3H3. The smallest absolute Gasteiger partial charge is 0.279 e. The molecule has 0 atom stereocenters. The summed E-state index contributed by atoms with van der Waals surface area (Å²) in [5.74, 6) is 1.64. The topological polar surface area (TPSA) is 75.6 Å². The molecule has 0 spiro atoms. The first kappa shape index (κ1) is 21.4. The molecule has 0 aliphatic carbocycles. The number of ether oxygens (including phenoxy) is 2. The number of benzene rings is 1. The van der Waals surface area contributed by atoms with Gasteiger partial charge in [-0.2, -0.15) is 5.10 Å². The monoisotopic (exact) mass is 451 g/mol. The van der Waals surface area contributed by atoms with Crippen LogP contribution in [-0.2, 0) is 11.8 Å². The van der Waals surface area contributed by atoms with Crippen LogP contribution >= 0.6 is 0 Å². The van der Waals surface area contributed by atoms with E-state index >= 15 is 0 Å². The minimum absolute atomic E-state index is 0.0706. The predicted molar refractivity (Wildman–Crippen MR) is 121 cm³/mol. The highest BCUT2D eigenvalue weighted by Gasteiger charge is 2.22. The van der Waals surface area contributed by atoms with E-state index in [0.717, 1.165) is 18.7 Å². The van der Waals surface area contributed by atoms with Gasteiger partial charge in [0.2, 0.25) is 5.88 Å². The fraction of sp³-hybridized carbons (Fsp3) is 0.375. The quantitative estimate of drug-likeness (QED) is 0.452. The number of halogens is 1. The van der Waals surface area contributed by atoms with E-state index in [-0.39, 0.29) is 23.3 Å².